The largest absolute Gasteiger partial charge is 0.507 e. The van der Waals surface area contributed by atoms with Crippen LogP contribution in [0.25, 0.3) is 16.8 Å². The maximum Gasteiger partial charge on any atom is 0.287 e. The highest BCUT2D eigenvalue weighted by Crippen LogP contribution is 2.25. The van der Waals surface area contributed by atoms with E-state index in [2.05, 4.69) is 15.8 Å². The molecule has 3 N–H and O–H groups in total. The van der Waals surface area contributed by atoms with E-state index in [1.54, 1.807) is 42.5 Å². The van der Waals surface area contributed by atoms with Crippen molar-refractivity contribution in [1.82, 2.24) is 10.7 Å². The first-order valence-electron chi connectivity index (χ1n) is 11.4. The lowest BCUT2D eigenvalue weighted by Gasteiger charge is -2.13. The molecule has 0 aliphatic heterocycles. The first-order chi connectivity index (χ1) is 17.8. The van der Waals surface area contributed by atoms with E-state index in [1.807, 2.05) is 67.5 Å². The van der Waals surface area contributed by atoms with E-state index in [4.69, 9.17) is 11.6 Å². The Labute approximate surface area is 219 Å². The molecular weight excluding hydrogens is 488 g/mol. The van der Waals surface area contributed by atoms with Gasteiger partial charge in [0.15, 0.2) is 0 Å². The van der Waals surface area contributed by atoms with E-state index in [-0.39, 0.29) is 22.0 Å². The number of phenolic OH excluding ortho intramolecular Hbond substituents is 1. The van der Waals surface area contributed by atoms with Crippen LogP contribution in [-0.2, 0) is 4.79 Å². The summed E-state index contributed by atoms with van der Waals surface area (Å²) in [5, 5.41) is 19.0. The highest BCUT2D eigenvalue weighted by molar-refractivity contribution is 6.34. The fraction of sp³-hybridized carbons (Fsp3) is 0.0690. The molecule has 0 saturated carbocycles. The smallest absolute Gasteiger partial charge is 0.287 e. The van der Waals surface area contributed by atoms with E-state index < -0.39 is 11.8 Å². The van der Waals surface area contributed by atoms with E-state index in [0.717, 1.165) is 16.5 Å². The molecule has 4 aromatic carbocycles. The van der Waals surface area contributed by atoms with E-state index in [1.165, 1.54) is 6.21 Å². The van der Waals surface area contributed by atoms with Crippen molar-refractivity contribution in [3.63, 3.8) is 0 Å². The van der Waals surface area contributed by atoms with Gasteiger partial charge in [0.2, 0.25) is 0 Å². The van der Waals surface area contributed by atoms with Gasteiger partial charge >= 0.3 is 0 Å². The molecule has 0 radical (unpaired) electrons. The van der Waals surface area contributed by atoms with Crippen molar-refractivity contribution in [2.45, 2.75) is 0 Å². The van der Waals surface area contributed by atoms with Crippen LogP contribution in [-0.4, -0.2) is 37.2 Å². The predicted molar refractivity (Wildman–Crippen MR) is 149 cm³/mol. The van der Waals surface area contributed by atoms with Crippen LogP contribution in [0.2, 0.25) is 5.02 Å². The lowest BCUT2D eigenvalue weighted by atomic mass is 10.0. The van der Waals surface area contributed by atoms with Gasteiger partial charge in [0.05, 0.1) is 16.8 Å². The van der Waals surface area contributed by atoms with Crippen molar-refractivity contribution in [2.75, 3.05) is 19.0 Å². The Morgan fingerprint density at radius 1 is 0.919 bits per heavy atom. The zero-order chi connectivity index (χ0) is 26.4. The first kappa shape index (κ1) is 25.5. The highest BCUT2D eigenvalue weighted by Gasteiger charge is 2.16. The monoisotopic (exact) mass is 512 g/mol. The summed E-state index contributed by atoms with van der Waals surface area (Å²) >= 11 is 6.17. The second kappa shape index (κ2) is 11.4. The maximum atomic E-state index is 13.1. The van der Waals surface area contributed by atoms with Crippen molar-refractivity contribution in [1.29, 1.82) is 0 Å². The fourth-order valence-electron chi connectivity index (χ4n) is 3.66. The number of aromatic hydroxyl groups is 1. The standard InChI is InChI=1S/C29H25ClN4O3/c1-34(2)21-14-11-19(12-15-21)17-26(32-28(36)23-9-5-6-10-25(23)30)29(37)33-31-18-24-22-8-4-3-7-20(22)13-16-27(24)35/h3-18,35H,1-2H3,(H,32,36)(H,33,37)/b26-17+,31-18?. The van der Waals surface area contributed by atoms with Crippen LogP contribution in [0.4, 0.5) is 5.69 Å². The Kier molecular flexibility index (Phi) is 7.86. The Bertz CT molecular complexity index is 1510. The van der Waals surface area contributed by atoms with E-state index in [9.17, 15) is 14.7 Å². The molecule has 4 rings (SSSR count). The van der Waals surface area contributed by atoms with Crippen molar-refractivity contribution in [3.8, 4) is 5.75 Å². The number of carbonyl (C=O) groups is 2. The van der Waals surface area contributed by atoms with Crippen LogP contribution in [0.5, 0.6) is 5.75 Å². The zero-order valence-corrected chi connectivity index (χ0v) is 21.0. The third-order valence-electron chi connectivity index (χ3n) is 5.64. The molecule has 4 aromatic rings. The quantitative estimate of drug-likeness (QED) is 0.180. The third-order valence-corrected chi connectivity index (χ3v) is 5.97. The molecule has 8 heteroatoms. The normalized spacial score (nSPS) is 11.5. The zero-order valence-electron chi connectivity index (χ0n) is 20.3. The summed E-state index contributed by atoms with van der Waals surface area (Å²) in [7, 11) is 3.86. The minimum atomic E-state index is -0.645. The summed E-state index contributed by atoms with van der Waals surface area (Å²) in [5.41, 5.74) is 4.79. The number of phenols is 1. The third kappa shape index (κ3) is 6.15. The molecule has 0 spiro atoms. The number of hydrazone groups is 1. The molecule has 0 aromatic heterocycles. The topological polar surface area (TPSA) is 94.0 Å². The highest BCUT2D eigenvalue weighted by atomic mass is 35.5. The van der Waals surface area contributed by atoms with E-state index in [0.29, 0.717) is 11.1 Å². The molecule has 0 aliphatic rings. The first-order valence-corrected chi connectivity index (χ1v) is 11.8. The molecule has 186 valence electrons. The van der Waals surface area contributed by atoms with Gasteiger partial charge in [0, 0.05) is 25.3 Å². The minimum Gasteiger partial charge on any atom is -0.507 e. The van der Waals surface area contributed by atoms with Gasteiger partial charge in [0.25, 0.3) is 11.8 Å². The number of nitrogens with zero attached hydrogens (tertiary/aromatic N) is 2. The van der Waals surface area contributed by atoms with Gasteiger partial charge in [-0.25, -0.2) is 5.43 Å². The van der Waals surface area contributed by atoms with Gasteiger partial charge in [-0.15, -0.1) is 0 Å². The van der Waals surface area contributed by atoms with Crippen molar-refractivity contribution < 1.29 is 14.7 Å². The SMILES string of the molecule is CN(C)c1ccc(/C=C(/NC(=O)c2ccccc2Cl)C(=O)NN=Cc2c(O)ccc3ccccc23)cc1. The second-order valence-electron chi connectivity index (χ2n) is 8.40. The maximum absolute atomic E-state index is 13.1. The minimum absolute atomic E-state index is 0.0261. The summed E-state index contributed by atoms with van der Waals surface area (Å²) in [6.07, 6.45) is 2.92. The number of rotatable bonds is 7. The predicted octanol–water partition coefficient (Wildman–Crippen LogP) is 5.19. The number of halogens is 1. The van der Waals surface area contributed by atoms with Gasteiger partial charge in [-0.1, -0.05) is 66.2 Å². The molecule has 0 bridgehead atoms. The number of fused-ring (bicyclic) bond motifs is 1. The van der Waals surface area contributed by atoms with Crippen LogP contribution in [0.3, 0.4) is 0 Å². The Hall–Kier alpha value is -4.62. The summed E-state index contributed by atoms with van der Waals surface area (Å²) < 4.78 is 0. The second-order valence-corrected chi connectivity index (χ2v) is 8.80. The summed E-state index contributed by atoms with van der Waals surface area (Å²) in [5.74, 6) is -1.15. The van der Waals surface area contributed by atoms with Gasteiger partial charge < -0.3 is 15.3 Å². The molecule has 7 nitrogen and oxygen atoms in total. The number of anilines is 1. The van der Waals surface area contributed by atoms with E-state index >= 15 is 0 Å². The van der Waals surface area contributed by atoms with Crippen LogP contribution in [0, 0.1) is 0 Å². The molecule has 0 aliphatic carbocycles. The molecule has 0 saturated heterocycles. The van der Waals surface area contributed by atoms with Gasteiger partial charge in [-0.05, 0) is 52.7 Å². The molecule has 37 heavy (non-hydrogen) atoms. The van der Waals surface area contributed by atoms with Gasteiger partial charge in [-0.3, -0.25) is 9.59 Å². The lowest BCUT2D eigenvalue weighted by molar-refractivity contribution is -0.117. The number of hydrogen-bond acceptors (Lipinski definition) is 5. The average Bonchev–Trinajstić information content (AvgIpc) is 2.90. The number of amides is 2. The summed E-state index contributed by atoms with van der Waals surface area (Å²) in [4.78, 5) is 28.0. The molecular formula is C29H25ClN4O3. The number of benzene rings is 4. The number of carbonyl (C=O) groups excluding carboxylic acids is 2. The van der Waals surface area contributed by atoms with Crippen LogP contribution >= 0.6 is 11.6 Å². The van der Waals surface area contributed by atoms with Crippen molar-refractivity contribution >= 4 is 52.2 Å². The molecule has 2 amide bonds. The van der Waals surface area contributed by atoms with Crippen LogP contribution in [0.1, 0.15) is 21.5 Å². The molecule has 0 unspecified atom stereocenters. The lowest BCUT2D eigenvalue weighted by Crippen LogP contribution is -2.33. The summed E-state index contributed by atoms with van der Waals surface area (Å²) in [6, 6.07) is 24.9. The van der Waals surface area contributed by atoms with Crippen molar-refractivity contribution in [3.05, 3.63) is 112 Å². The van der Waals surface area contributed by atoms with Crippen molar-refractivity contribution in [2.24, 2.45) is 5.10 Å². The Morgan fingerprint density at radius 2 is 1.62 bits per heavy atom. The summed E-state index contributed by atoms with van der Waals surface area (Å²) in [6.45, 7) is 0. The Morgan fingerprint density at radius 3 is 2.35 bits per heavy atom. The molecule has 0 atom stereocenters. The molecule has 0 heterocycles. The van der Waals surface area contributed by atoms with Gasteiger partial charge in [-0.2, -0.15) is 5.10 Å². The Balaban J connectivity index is 1.61. The van der Waals surface area contributed by atoms with Crippen LogP contribution < -0.4 is 15.6 Å². The molecule has 0 fully saturated rings. The number of nitrogens with one attached hydrogen (secondary N) is 2. The van der Waals surface area contributed by atoms with Gasteiger partial charge in [0.1, 0.15) is 11.4 Å². The average molecular weight is 513 g/mol. The van der Waals surface area contributed by atoms with Crippen LogP contribution in [0.15, 0.2) is 95.7 Å². The number of hydrogen-bond donors (Lipinski definition) is 3. The fourth-order valence-corrected chi connectivity index (χ4v) is 3.89.